The van der Waals surface area contributed by atoms with Crippen LogP contribution >= 0.6 is 38.5 Å². The maximum Gasteiger partial charge on any atom is 0.132 e. The molecule has 0 unspecified atom stereocenters. The molecule has 2 N–H and O–H groups in total. The van der Waals surface area contributed by atoms with Crippen LogP contribution in [0.4, 0.5) is 17.3 Å². The highest BCUT2D eigenvalue weighted by atomic mass is 127. The van der Waals surface area contributed by atoms with Crippen molar-refractivity contribution in [1.82, 2.24) is 4.98 Å². The lowest BCUT2D eigenvalue weighted by Gasteiger charge is -2.09. The van der Waals surface area contributed by atoms with E-state index in [4.69, 9.17) is 0 Å². The molecule has 0 saturated carbocycles. The van der Waals surface area contributed by atoms with E-state index >= 15 is 0 Å². The molecule has 0 radical (unpaired) electrons. The van der Waals surface area contributed by atoms with E-state index in [-0.39, 0.29) is 0 Å². The van der Waals surface area contributed by atoms with Gasteiger partial charge in [-0.15, -0.1) is 0 Å². The SMILES string of the molecule is CCNc1cccc(Nc2ccc(I)c(Br)c2)n1. The topological polar surface area (TPSA) is 37.0 Å². The Bertz CT molecular complexity index is 546. The van der Waals surface area contributed by atoms with Gasteiger partial charge in [0.05, 0.1) is 0 Å². The molecule has 0 spiro atoms. The summed E-state index contributed by atoms with van der Waals surface area (Å²) < 4.78 is 2.27. The summed E-state index contributed by atoms with van der Waals surface area (Å²) in [6.07, 6.45) is 0. The fraction of sp³-hybridized carbons (Fsp3) is 0.154. The Morgan fingerprint density at radius 2 is 2.00 bits per heavy atom. The van der Waals surface area contributed by atoms with Crippen molar-refractivity contribution < 1.29 is 0 Å². The van der Waals surface area contributed by atoms with Crippen molar-refractivity contribution >= 4 is 55.8 Å². The molecule has 1 aromatic carbocycles. The van der Waals surface area contributed by atoms with Gasteiger partial charge in [-0.1, -0.05) is 6.07 Å². The molecule has 2 aromatic rings. The summed E-state index contributed by atoms with van der Waals surface area (Å²) in [6, 6.07) is 12.0. The standard InChI is InChI=1S/C13H13BrIN3/c1-2-16-12-4-3-5-13(18-12)17-9-6-7-11(15)10(14)8-9/h3-8H,2H2,1H3,(H2,16,17,18). The first-order valence-corrected chi connectivity index (χ1v) is 7.49. The molecule has 1 aromatic heterocycles. The Morgan fingerprint density at radius 3 is 2.72 bits per heavy atom. The molecule has 0 bridgehead atoms. The number of hydrogen-bond donors (Lipinski definition) is 2. The second-order valence-electron chi connectivity index (χ2n) is 3.69. The van der Waals surface area contributed by atoms with E-state index in [0.717, 1.165) is 28.3 Å². The third-order valence-electron chi connectivity index (χ3n) is 2.30. The molecular weight excluding hydrogens is 405 g/mol. The largest absolute Gasteiger partial charge is 0.370 e. The van der Waals surface area contributed by atoms with E-state index in [2.05, 4.69) is 67.1 Å². The number of nitrogens with one attached hydrogen (secondary N) is 2. The second kappa shape index (κ2) is 6.38. The van der Waals surface area contributed by atoms with Gasteiger partial charge in [-0.2, -0.15) is 0 Å². The number of nitrogens with zero attached hydrogens (tertiary/aromatic N) is 1. The minimum absolute atomic E-state index is 0.835. The van der Waals surface area contributed by atoms with Gasteiger partial charge in [-0.05, 0) is 75.8 Å². The van der Waals surface area contributed by atoms with Crippen molar-refractivity contribution in [3.8, 4) is 0 Å². The van der Waals surface area contributed by atoms with Crippen LogP contribution in [0.3, 0.4) is 0 Å². The van der Waals surface area contributed by atoms with Crippen LogP contribution in [0.25, 0.3) is 0 Å². The van der Waals surface area contributed by atoms with Crippen LogP contribution < -0.4 is 10.6 Å². The smallest absolute Gasteiger partial charge is 0.132 e. The first kappa shape index (κ1) is 13.6. The summed E-state index contributed by atoms with van der Waals surface area (Å²) in [5.41, 5.74) is 1.02. The summed E-state index contributed by atoms with van der Waals surface area (Å²) >= 11 is 5.81. The van der Waals surface area contributed by atoms with Gasteiger partial charge >= 0.3 is 0 Å². The highest BCUT2D eigenvalue weighted by Gasteiger charge is 2.01. The van der Waals surface area contributed by atoms with Gasteiger partial charge in [0.15, 0.2) is 0 Å². The monoisotopic (exact) mass is 417 g/mol. The zero-order valence-electron chi connectivity index (χ0n) is 9.87. The van der Waals surface area contributed by atoms with Gasteiger partial charge in [-0.3, -0.25) is 0 Å². The molecule has 0 saturated heterocycles. The first-order chi connectivity index (χ1) is 8.69. The van der Waals surface area contributed by atoms with Gasteiger partial charge in [-0.25, -0.2) is 4.98 Å². The fourth-order valence-electron chi connectivity index (χ4n) is 1.51. The van der Waals surface area contributed by atoms with E-state index < -0.39 is 0 Å². The summed E-state index contributed by atoms with van der Waals surface area (Å²) in [4.78, 5) is 4.47. The molecule has 0 amide bonds. The van der Waals surface area contributed by atoms with Crippen molar-refractivity contribution in [1.29, 1.82) is 0 Å². The van der Waals surface area contributed by atoms with Gasteiger partial charge in [0.25, 0.3) is 0 Å². The number of hydrogen-bond acceptors (Lipinski definition) is 3. The molecular formula is C13H13BrIN3. The summed E-state index contributed by atoms with van der Waals surface area (Å²) in [5, 5.41) is 6.48. The predicted octanol–water partition coefficient (Wildman–Crippen LogP) is 4.62. The molecule has 0 aliphatic heterocycles. The molecule has 3 nitrogen and oxygen atoms in total. The predicted molar refractivity (Wildman–Crippen MR) is 88.5 cm³/mol. The lowest BCUT2D eigenvalue weighted by atomic mass is 10.3. The molecule has 0 aliphatic carbocycles. The van der Waals surface area contributed by atoms with E-state index in [0.29, 0.717) is 0 Å². The van der Waals surface area contributed by atoms with Crippen LogP contribution in [0, 0.1) is 3.57 Å². The number of pyridine rings is 1. The normalized spacial score (nSPS) is 10.2. The molecule has 94 valence electrons. The maximum absolute atomic E-state index is 4.47. The van der Waals surface area contributed by atoms with Crippen LogP contribution in [0.15, 0.2) is 40.9 Å². The molecule has 0 fully saturated rings. The number of aromatic nitrogens is 1. The number of anilines is 3. The zero-order valence-corrected chi connectivity index (χ0v) is 13.6. The van der Waals surface area contributed by atoms with Crippen LogP contribution in [0.2, 0.25) is 0 Å². The van der Waals surface area contributed by atoms with Crippen LogP contribution in [0.1, 0.15) is 6.92 Å². The molecule has 1 heterocycles. The van der Waals surface area contributed by atoms with Crippen LogP contribution in [-0.2, 0) is 0 Å². The zero-order chi connectivity index (χ0) is 13.0. The van der Waals surface area contributed by atoms with E-state index in [1.54, 1.807) is 0 Å². The molecule has 18 heavy (non-hydrogen) atoms. The quantitative estimate of drug-likeness (QED) is 0.712. The third kappa shape index (κ3) is 3.58. The Kier molecular flexibility index (Phi) is 4.82. The van der Waals surface area contributed by atoms with Gasteiger partial charge in [0.2, 0.25) is 0 Å². The summed E-state index contributed by atoms with van der Waals surface area (Å²) in [7, 11) is 0. The van der Waals surface area contributed by atoms with Crippen molar-refractivity contribution in [2.75, 3.05) is 17.2 Å². The Balaban J connectivity index is 2.17. The Labute approximate surface area is 129 Å². The second-order valence-corrected chi connectivity index (χ2v) is 5.71. The van der Waals surface area contributed by atoms with Gasteiger partial charge in [0, 0.05) is 20.3 Å². The maximum atomic E-state index is 4.47. The van der Waals surface area contributed by atoms with Crippen molar-refractivity contribution in [2.24, 2.45) is 0 Å². The number of rotatable bonds is 4. The summed E-state index contributed by atoms with van der Waals surface area (Å²) in [6.45, 7) is 2.92. The minimum Gasteiger partial charge on any atom is -0.370 e. The van der Waals surface area contributed by atoms with Crippen molar-refractivity contribution in [2.45, 2.75) is 6.92 Å². The molecule has 0 atom stereocenters. The Morgan fingerprint density at radius 1 is 1.22 bits per heavy atom. The van der Waals surface area contributed by atoms with Crippen LogP contribution in [0.5, 0.6) is 0 Å². The van der Waals surface area contributed by atoms with Crippen molar-refractivity contribution in [3.05, 3.63) is 44.4 Å². The number of benzene rings is 1. The fourth-order valence-corrected chi connectivity index (χ4v) is 2.22. The highest BCUT2D eigenvalue weighted by Crippen LogP contribution is 2.24. The lowest BCUT2D eigenvalue weighted by Crippen LogP contribution is -2.01. The number of halogens is 2. The Hall–Kier alpha value is -0.820. The third-order valence-corrected chi connectivity index (χ3v) is 4.64. The first-order valence-electron chi connectivity index (χ1n) is 5.62. The van der Waals surface area contributed by atoms with Crippen molar-refractivity contribution in [3.63, 3.8) is 0 Å². The molecule has 2 rings (SSSR count). The van der Waals surface area contributed by atoms with E-state index in [1.807, 2.05) is 30.3 Å². The summed E-state index contributed by atoms with van der Waals surface area (Å²) in [5.74, 6) is 1.72. The highest BCUT2D eigenvalue weighted by molar-refractivity contribution is 14.1. The van der Waals surface area contributed by atoms with Gasteiger partial charge < -0.3 is 10.6 Å². The lowest BCUT2D eigenvalue weighted by molar-refractivity contribution is 1.16. The molecule has 5 heteroatoms. The minimum atomic E-state index is 0.835. The average molecular weight is 418 g/mol. The van der Waals surface area contributed by atoms with Gasteiger partial charge in [0.1, 0.15) is 11.6 Å². The van der Waals surface area contributed by atoms with E-state index in [1.165, 1.54) is 3.57 Å². The average Bonchev–Trinajstić information content (AvgIpc) is 2.35. The van der Waals surface area contributed by atoms with Crippen LogP contribution in [-0.4, -0.2) is 11.5 Å². The molecule has 0 aliphatic rings. The van der Waals surface area contributed by atoms with E-state index in [9.17, 15) is 0 Å².